The molecule has 2 unspecified atom stereocenters. The van der Waals surface area contributed by atoms with Gasteiger partial charge in [-0.15, -0.1) is 0 Å². The van der Waals surface area contributed by atoms with Crippen molar-refractivity contribution in [3.8, 4) is 0 Å². The van der Waals surface area contributed by atoms with Crippen LogP contribution < -0.4 is 5.32 Å². The molecule has 2 N–H and O–H groups in total. The van der Waals surface area contributed by atoms with Crippen molar-refractivity contribution in [3.63, 3.8) is 0 Å². The highest BCUT2D eigenvalue weighted by Crippen LogP contribution is 2.24. The molecule has 0 spiro atoms. The molecule has 0 aromatic rings. The smallest absolute Gasteiger partial charge is 0.326 e. The van der Waals surface area contributed by atoms with E-state index in [-0.39, 0.29) is 18.4 Å². The first-order valence-electron chi connectivity index (χ1n) is 8.34. The summed E-state index contributed by atoms with van der Waals surface area (Å²) in [5.41, 5.74) is 0. The second kappa shape index (κ2) is 10.6. The molecule has 1 heterocycles. The van der Waals surface area contributed by atoms with Gasteiger partial charge in [-0.05, 0) is 19.9 Å². The number of carbonyl (C=O) groups is 2. The molecule has 1 aliphatic heterocycles. The summed E-state index contributed by atoms with van der Waals surface area (Å²) < 4.78 is 5.67. The summed E-state index contributed by atoms with van der Waals surface area (Å²) in [7, 11) is 1.68. The zero-order valence-corrected chi connectivity index (χ0v) is 13.8. The molecular weight excluding hydrogens is 284 g/mol. The lowest BCUT2D eigenvalue weighted by atomic mass is 10.1. The van der Waals surface area contributed by atoms with Crippen LogP contribution >= 0.6 is 0 Å². The van der Waals surface area contributed by atoms with Crippen molar-refractivity contribution in [2.75, 3.05) is 33.4 Å². The van der Waals surface area contributed by atoms with Gasteiger partial charge in [-0.25, -0.2) is 4.79 Å². The molecule has 2 atom stereocenters. The third-order valence-electron chi connectivity index (χ3n) is 4.07. The first-order valence-corrected chi connectivity index (χ1v) is 8.34. The van der Waals surface area contributed by atoms with E-state index < -0.39 is 12.0 Å². The van der Waals surface area contributed by atoms with Gasteiger partial charge in [0.15, 0.2) is 0 Å². The van der Waals surface area contributed by atoms with Gasteiger partial charge in [0.1, 0.15) is 6.04 Å². The number of carboxylic acids is 1. The highest BCUT2D eigenvalue weighted by molar-refractivity contribution is 5.85. The second-order valence-electron chi connectivity index (χ2n) is 6.02. The average Bonchev–Trinajstić information content (AvgIpc) is 2.91. The maximum Gasteiger partial charge on any atom is 0.326 e. The highest BCUT2D eigenvalue weighted by atomic mass is 16.5. The number of hydrogen-bond acceptors (Lipinski definition) is 4. The van der Waals surface area contributed by atoms with Gasteiger partial charge >= 0.3 is 5.97 Å². The van der Waals surface area contributed by atoms with E-state index in [1.165, 1.54) is 30.6 Å². The lowest BCUT2D eigenvalue weighted by Crippen LogP contribution is -2.44. The molecule has 1 amide bonds. The SMILES string of the molecule is CCCCCCCOCC1CC(C(=O)O)N(C(=O)CNC)C1. The number of ether oxygens (including phenoxy) is 1. The van der Waals surface area contributed by atoms with E-state index in [1.54, 1.807) is 7.05 Å². The molecule has 22 heavy (non-hydrogen) atoms. The maximum absolute atomic E-state index is 11.9. The minimum atomic E-state index is -0.925. The number of hydrogen-bond donors (Lipinski definition) is 2. The van der Waals surface area contributed by atoms with Gasteiger partial charge in [-0.1, -0.05) is 32.6 Å². The summed E-state index contributed by atoms with van der Waals surface area (Å²) in [5, 5.41) is 12.0. The summed E-state index contributed by atoms with van der Waals surface area (Å²) in [4.78, 5) is 24.7. The average molecular weight is 314 g/mol. The Morgan fingerprint density at radius 3 is 2.64 bits per heavy atom. The van der Waals surface area contributed by atoms with Gasteiger partial charge in [0.2, 0.25) is 5.91 Å². The molecule has 0 bridgehead atoms. The lowest BCUT2D eigenvalue weighted by Gasteiger charge is -2.21. The minimum absolute atomic E-state index is 0.123. The number of likely N-dealkylation sites (N-methyl/N-ethyl adjacent to an activating group) is 1. The van der Waals surface area contributed by atoms with Crippen molar-refractivity contribution >= 4 is 11.9 Å². The number of nitrogens with zero attached hydrogens (tertiary/aromatic N) is 1. The number of unbranched alkanes of at least 4 members (excludes halogenated alkanes) is 4. The molecule has 0 saturated carbocycles. The second-order valence-corrected chi connectivity index (χ2v) is 6.02. The van der Waals surface area contributed by atoms with Gasteiger partial charge in [0, 0.05) is 19.1 Å². The van der Waals surface area contributed by atoms with E-state index in [1.807, 2.05) is 0 Å². The number of aliphatic carboxylic acids is 1. The van der Waals surface area contributed by atoms with Crippen LogP contribution in [-0.4, -0.2) is 61.3 Å². The fourth-order valence-electron chi connectivity index (χ4n) is 2.86. The van der Waals surface area contributed by atoms with Crippen LogP contribution in [0.3, 0.4) is 0 Å². The van der Waals surface area contributed by atoms with Crippen LogP contribution in [0.2, 0.25) is 0 Å². The topological polar surface area (TPSA) is 78.9 Å². The van der Waals surface area contributed by atoms with Gasteiger partial charge in [-0.3, -0.25) is 4.79 Å². The number of rotatable bonds is 11. The van der Waals surface area contributed by atoms with Crippen LogP contribution in [0, 0.1) is 5.92 Å². The molecule has 0 aromatic heterocycles. The summed E-state index contributed by atoms with van der Waals surface area (Å²) in [5.74, 6) is -0.957. The fourth-order valence-corrected chi connectivity index (χ4v) is 2.86. The monoisotopic (exact) mass is 314 g/mol. The predicted octanol–water partition coefficient (Wildman–Crippen LogP) is 1.49. The van der Waals surface area contributed by atoms with Crippen molar-refractivity contribution in [1.29, 1.82) is 0 Å². The normalized spacial score (nSPS) is 21.3. The van der Waals surface area contributed by atoms with E-state index in [9.17, 15) is 14.7 Å². The molecule has 1 aliphatic rings. The van der Waals surface area contributed by atoms with Crippen LogP contribution in [-0.2, 0) is 14.3 Å². The molecule has 128 valence electrons. The molecule has 1 fully saturated rings. The highest BCUT2D eigenvalue weighted by Gasteiger charge is 2.39. The summed E-state index contributed by atoms with van der Waals surface area (Å²) in [6.07, 6.45) is 6.47. The van der Waals surface area contributed by atoms with Crippen LogP contribution in [0.1, 0.15) is 45.4 Å². The summed E-state index contributed by atoms with van der Waals surface area (Å²) in [6, 6.07) is -0.709. The van der Waals surface area contributed by atoms with Crippen molar-refractivity contribution in [2.45, 2.75) is 51.5 Å². The summed E-state index contributed by atoms with van der Waals surface area (Å²) >= 11 is 0. The largest absolute Gasteiger partial charge is 0.480 e. The van der Waals surface area contributed by atoms with E-state index in [0.717, 1.165) is 13.0 Å². The zero-order chi connectivity index (χ0) is 16.4. The molecule has 6 heteroatoms. The predicted molar refractivity (Wildman–Crippen MR) is 84.7 cm³/mol. The number of nitrogens with one attached hydrogen (secondary N) is 1. The standard InChI is InChI=1S/C16H30N2O4/c1-3-4-5-6-7-8-22-12-13-9-14(16(20)21)18(11-13)15(19)10-17-2/h13-14,17H,3-12H2,1-2H3,(H,20,21). The van der Waals surface area contributed by atoms with Gasteiger partial charge in [-0.2, -0.15) is 0 Å². The molecule has 0 aliphatic carbocycles. The van der Waals surface area contributed by atoms with Crippen molar-refractivity contribution < 1.29 is 19.4 Å². The number of likely N-dealkylation sites (tertiary alicyclic amines) is 1. The third-order valence-corrected chi connectivity index (χ3v) is 4.07. The van der Waals surface area contributed by atoms with E-state index in [2.05, 4.69) is 12.2 Å². The van der Waals surface area contributed by atoms with Crippen LogP contribution in [0.25, 0.3) is 0 Å². The zero-order valence-electron chi connectivity index (χ0n) is 13.8. The summed E-state index contributed by atoms with van der Waals surface area (Å²) in [6.45, 7) is 4.11. The molecular formula is C16H30N2O4. The molecule has 0 radical (unpaired) electrons. The maximum atomic E-state index is 11.9. The lowest BCUT2D eigenvalue weighted by molar-refractivity contribution is -0.147. The van der Waals surface area contributed by atoms with Crippen LogP contribution in [0.4, 0.5) is 0 Å². The van der Waals surface area contributed by atoms with Crippen molar-refractivity contribution in [3.05, 3.63) is 0 Å². The van der Waals surface area contributed by atoms with Gasteiger partial charge in [0.25, 0.3) is 0 Å². The van der Waals surface area contributed by atoms with Gasteiger partial charge < -0.3 is 20.1 Å². The molecule has 1 saturated heterocycles. The Kier molecular flexibility index (Phi) is 9.08. The van der Waals surface area contributed by atoms with Crippen LogP contribution in [0.5, 0.6) is 0 Å². The molecule has 1 rings (SSSR count). The number of amides is 1. The first-order chi connectivity index (χ1) is 10.6. The molecule has 0 aromatic carbocycles. The van der Waals surface area contributed by atoms with Crippen molar-refractivity contribution in [2.24, 2.45) is 5.92 Å². The Balaban J connectivity index is 2.28. The number of carboxylic acid groups (broad SMARTS) is 1. The Hall–Kier alpha value is -1.14. The van der Waals surface area contributed by atoms with Gasteiger partial charge in [0.05, 0.1) is 13.2 Å². The van der Waals surface area contributed by atoms with E-state index in [0.29, 0.717) is 19.6 Å². The van der Waals surface area contributed by atoms with Crippen LogP contribution in [0.15, 0.2) is 0 Å². The van der Waals surface area contributed by atoms with E-state index >= 15 is 0 Å². The quantitative estimate of drug-likeness (QED) is 0.565. The Bertz CT molecular complexity index is 349. The third kappa shape index (κ3) is 6.32. The first kappa shape index (κ1) is 18.9. The Morgan fingerprint density at radius 2 is 2.00 bits per heavy atom. The molecule has 6 nitrogen and oxygen atoms in total. The Labute approximate surface area is 133 Å². The number of carbonyl (C=O) groups excluding carboxylic acids is 1. The van der Waals surface area contributed by atoms with Crippen molar-refractivity contribution in [1.82, 2.24) is 10.2 Å². The Morgan fingerprint density at radius 1 is 1.27 bits per heavy atom. The van der Waals surface area contributed by atoms with E-state index in [4.69, 9.17) is 4.74 Å². The fraction of sp³-hybridized carbons (Fsp3) is 0.875. The minimum Gasteiger partial charge on any atom is -0.480 e.